The Balaban J connectivity index is 2.62. The molecule has 2 atom stereocenters. The predicted octanol–water partition coefficient (Wildman–Crippen LogP) is 6.31. The Morgan fingerprint density at radius 2 is 1.85 bits per heavy atom. The van der Waals surface area contributed by atoms with Crippen LogP contribution >= 0.6 is 0 Å². The van der Waals surface area contributed by atoms with Crippen LogP contribution in [-0.4, -0.2) is 12.2 Å². The summed E-state index contributed by atoms with van der Waals surface area (Å²) < 4.78 is 45.8. The van der Waals surface area contributed by atoms with Gasteiger partial charge >= 0.3 is 0 Å². The van der Waals surface area contributed by atoms with E-state index >= 15 is 0 Å². The fourth-order valence-corrected chi connectivity index (χ4v) is 2.26. The molecule has 142 valence electrons. The van der Waals surface area contributed by atoms with Crippen molar-refractivity contribution in [3.05, 3.63) is 71.8 Å². The maximum Gasteiger partial charge on any atom is 0.200 e. The average molecular weight is 366 g/mol. The van der Waals surface area contributed by atoms with Crippen molar-refractivity contribution in [1.82, 2.24) is 0 Å². The van der Waals surface area contributed by atoms with Crippen LogP contribution in [0.1, 0.15) is 32.3 Å². The third kappa shape index (κ3) is 6.14. The molecule has 0 heterocycles. The number of benzene rings is 1. The van der Waals surface area contributed by atoms with Gasteiger partial charge in [-0.25, -0.2) is 8.78 Å². The molecule has 2 unspecified atom stereocenters. The highest BCUT2D eigenvalue weighted by molar-refractivity contribution is 5.52. The van der Waals surface area contributed by atoms with Crippen molar-refractivity contribution >= 4 is 6.08 Å². The van der Waals surface area contributed by atoms with Gasteiger partial charge < -0.3 is 9.84 Å². The number of rotatable bonds is 9. The predicted molar refractivity (Wildman–Crippen MR) is 99.1 cm³/mol. The highest BCUT2D eigenvalue weighted by Crippen LogP contribution is 2.27. The molecule has 1 rings (SSSR count). The third-order valence-electron chi connectivity index (χ3n) is 4.20. The number of aromatic hydroxyl groups is 1. The molecular formula is C21H25F3O2. The fourth-order valence-electron chi connectivity index (χ4n) is 2.26. The molecule has 0 fully saturated rings. The van der Waals surface area contributed by atoms with E-state index in [0.29, 0.717) is 12.0 Å². The van der Waals surface area contributed by atoms with Gasteiger partial charge in [0.05, 0.1) is 7.11 Å². The summed E-state index contributed by atoms with van der Waals surface area (Å²) in [4.78, 5) is 0. The Morgan fingerprint density at radius 3 is 2.46 bits per heavy atom. The lowest BCUT2D eigenvalue weighted by atomic mass is 9.91. The van der Waals surface area contributed by atoms with Gasteiger partial charge in [-0.3, -0.25) is 0 Å². The first-order valence-electron chi connectivity index (χ1n) is 8.31. The van der Waals surface area contributed by atoms with Crippen molar-refractivity contribution in [2.45, 2.75) is 26.7 Å². The van der Waals surface area contributed by atoms with Gasteiger partial charge in [0, 0.05) is 11.6 Å². The summed E-state index contributed by atoms with van der Waals surface area (Å²) in [7, 11) is 1.41. The van der Waals surface area contributed by atoms with Gasteiger partial charge in [-0.2, -0.15) is 4.39 Å². The minimum atomic E-state index is -1.26. The van der Waals surface area contributed by atoms with Gasteiger partial charge in [0.2, 0.25) is 5.82 Å². The number of hydrogen-bond acceptors (Lipinski definition) is 2. The Bertz CT molecular complexity index is 720. The van der Waals surface area contributed by atoms with E-state index in [1.54, 1.807) is 6.08 Å². The number of phenolic OH excluding ortho intramolecular Hbond substituents is 1. The van der Waals surface area contributed by atoms with Crippen LogP contribution < -0.4 is 0 Å². The van der Waals surface area contributed by atoms with Gasteiger partial charge in [0.1, 0.15) is 11.6 Å². The molecule has 0 aliphatic rings. The molecule has 0 spiro atoms. The van der Waals surface area contributed by atoms with Crippen LogP contribution in [0.2, 0.25) is 0 Å². The monoisotopic (exact) mass is 366 g/mol. The summed E-state index contributed by atoms with van der Waals surface area (Å²) in [5.74, 6) is -3.32. The number of ether oxygens (including phenoxy) is 1. The minimum absolute atomic E-state index is 0.0664. The van der Waals surface area contributed by atoms with E-state index in [0.717, 1.165) is 12.5 Å². The van der Waals surface area contributed by atoms with Crippen LogP contribution in [0.25, 0.3) is 6.08 Å². The summed E-state index contributed by atoms with van der Waals surface area (Å²) in [5, 5.41) is 9.12. The van der Waals surface area contributed by atoms with Gasteiger partial charge in [-0.1, -0.05) is 39.2 Å². The lowest BCUT2D eigenvalue weighted by Gasteiger charge is -2.15. The lowest BCUT2D eigenvalue weighted by molar-refractivity contribution is 0.307. The molecule has 0 aliphatic carbocycles. The number of hydrogen-bond donors (Lipinski definition) is 1. The maximum absolute atomic E-state index is 14.0. The second kappa shape index (κ2) is 9.90. The van der Waals surface area contributed by atoms with Gasteiger partial charge in [-0.05, 0) is 42.4 Å². The Labute approximate surface area is 153 Å². The highest BCUT2D eigenvalue weighted by Gasteiger charge is 2.14. The Morgan fingerprint density at radius 1 is 1.19 bits per heavy atom. The second-order valence-electron chi connectivity index (χ2n) is 6.30. The molecular weight excluding hydrogens is 341 g/mol. The SMILES string of the molecule is C=C(/C=C(/F)C(=C)C(C)CCC(C)/C=C/c1ccc(O)c(F)c1F)OC. The van der Waals surface area contributed by atoms with Crippen LogP contribution in [0.3, 0.4) is 0 Å². The van der Waals surface area contributed by atoms with Crippen LogP contribution in [0, 0.1) is 23.5 Å². The molecule has 0 bridgehead atoms. The third-order valence-corrected chi connectivity index (χ3v) is 4.20. The quantitative estimate of drug-likeness (QED) is 0.410. The van der Waals surface area contributed by atoms with E-state index in [4.69, 9.17) is 9.84 Å². The normalized spacial score (nSPS) is 14.3. The van der Waals surface area contributed by atoms with Crippen LogP contribution in [0.5, 0.6) is 5.75 Å². The number of phenols is 1. The van der Waals surface area contributed by atoms with Gasteiger partial charge in [-0.15, -0.1) is 0 Å². The fraction of sp³-hybridized carbons (Fsp3) is 0.333. The summed E-state index contributed by atoms with van der Waals surface area (Å²) in [6, 6.07) is 2.42. The summed E-state index contributed by atoms with van der Waals surface area (Å²) >= 11 is 0. The molecule has 2 nitrogen and oxygen atoms in total. The largest absolute Gasteiger partial charge is 0.505 e. The lowest BCUT2D eigenvalue weighted by Crippen LogP contribution is -2.02. The molecule has 0 saturated heterocycles. The second-order valence-corrected chi connectivity index (χ2v) is 6.30. The van der Waals surface area contributed by atoms with E-state index in [1.807, 2.05) is 13.8 Å². The molecule has 5 heteroatoms. The molecule has 0 radical (unpaired) electrons. The summed E-state index contributed by atoms with van der Waals surface area (Å²) in [5.41, 5.74) is 0.433. The minimum Gasteiger partial charge on any atom is -0.505 e. The summed E-state index contributed by atoms with van der Waals surface area (Å²) in [6.07, 6.45) is 5.83. The van der Waals surface area contributed by atoms with E-state index in [9.17, 15) is 13.2 Å². The number of allylic oxidation sites excluding steroid dienone is 4. The van der Waals surface area contributed by atoms with Crippen molar-refractivity contribution in [2.75, 3.05) is 7.11 Å². The first-order chi connectivity index (χ1) is 12.2. The van der Waals surface area contributed by atoms with E-state index in [1.165, 1.54) is 25.3 Å². The topological polar surface area (TPSA) is 29.5 Å². The van der Waals surface area contributed by atoms with Crippen molar-refractivity contribution in [2.24, 2.45) is 11.8 Å². The Kier molecular flexibility index (Phi) is 8.23. The highest BCUT2D eigenvalue weighted by atomic mass is 19.2. The van der Waals surface area contributed by atoms with Crippen LogP contribution in [0.4, 0.5) is 13.2 Å². The molecule has 0 aliphatic heterocycles. The molecule has 0 saturated carbocycles. The molecule has 0 amide bonds. The maximum atomic E-state index is 14.0. The standard InChI is InChI=1S/C21H25F3O2/c1-13(7-9-17-10-11-19(25)21(24)20(17)23)6-8-14(2)16(4)18(22)12-15(3)26-5/h7,9-14,25H,3-4,6,8H2,1-2,5H3/b9-7+,18-12+. The first-order valence-corrected chi connectivity index (χ1v) is 8.31. The van der Waals surface area contributed by atoms with Crippen molar-refractivity contribution in [3.63, 3.8) is 0 Å². The molecule has 1 aromatic rings. The van der Waals surface area contributed by atoms with E-state index in [-0.39, 0.29) is 23.2 Å². The van der Waals surface area contributed by atoms with Gasteiger partial charge in [0.15, 0.2) is 11.6 Å². The van der Waals surface area contributed by atoms with Crippen molar-refractivity contribution < 1.29 is 23.0 Å². The summed E-state index contributed by atoms with van der Waals surface area (Å²) in [6.45, 7) is 11.1. The van der Waals surface area contributed by atoms with Crippen LogP contribution in [0.15, 0.2) is 54.6 Å². The van der Waals surface area contributed by atoms with E-state index < -0.39 is 23.2 Å². The van der Waals surface area contributed by atoms with E-state index in [2.05, 4.69) is 13.2 Å². The zero-order valence-electron chi connectivity index (χ0n) is 15.4. The Hall–Kier alpha value is -2.43. The molecule has 26 heavy (non-hydrogen) atoms. The zero-order chi connectivity index (χ0) is 19.9. The average Bonchev–Trinajstić information content (AvgIpc) is 2.62. The molecule has 1 aromatic carbocycles. The zero-order valence-corrected chi connectivity index (χ0v) is 15.4. The number of methoxy groups -OCH3 is 1. The smallest absolute Gasteiger partial charge is 0.200 e. The van der Waals surface area contributed by atoms with Crippen LogP contribution in [-0.2, 0) is 4.74 Å². The van der Waals surface area contributed by atoms with Gasteiger partial charge in [0.25, 0.3) is 0 Å². The number of halogens is 3. The first kappa shape index (κ1) is 21.6. The van der Waals surface area contributed by atoms with Crippen molar-refractivity contribution in [1.29, 1.82) is 0 Å². The molecule has 1 N–H and O–H groups in total. The molecule has 0 aromatic heterocycles. The van der Waals surface area contributed by atoms with Crippen molar-refractivity contribution in [3.8, 4) is 5.75 Å².